The lowest BCUT2D eigenvalue weighted by atomic mass is 10.1. The minimum absolute atomic E-state index is 0.158. The fraction of sp³-hybridized carbons (Fsp3) is 0.417. The van der Waals surface area contributed by atoms with Crippen LogP contribution in [0.25, 0.3) is 0 Å². The standard InChI is InChI=1S/C12H16FN3O2/c1-8(2)6-16(7-11(14)17)12(18)9-3-4-10(13)15-5-9/h3-5,8H,6-7H2,1-2H3,(H2,14,17). The first-order chi connectivity index (χ1) is 8.40. The summed E-state index contributed by atoms with van der Waals surface area (Å²) < 4.78 is 12.7. The molecular weight excluding hydrogens is 237 g/mol. The SMILES string of the molecule is CC(C)CN(CC(N)=O)C(=O)c1ccc(F)nc1. The van der Waals surface area contributed by atoms with Crippen molar-refractivity contribution in [2.75, 3.05) is 13.1 Å². The molecule has 98 valence electrons. The van der Waals surface area contributed by atoms with Gasteiger partial charge in [0.2, 0.25) is 11.9 Å². The van der Waals surface area contributed by atoms with Crippen molar-refractivity contribution in [2.45, 2.75) is 13.8 Å². The van der Waals surface area contributed by atoms with Gasteiger partial charge in [-0.15, -0.1) is 0 Å². The van der Waals surface area contributed by atoms with Crippen LogP contribution in [0.5, 0.6) is 0 Å². The minimum Gasteiger partial charge on any atom is -0.368 e. The second-order valence-corrected chi connectivity index (χ2v) is 4.42. The molecule has 0 aliphatic carbocycles. The first-order valence-corrected chi connectivity index (χ1v) is 5.59. The number of hydrogen-bond donors (Lipinski definition) is 1. The maximum atomic E-state index is 12.7. The molecule has 0 bridgehead atoms. The number of carbonyl (C=O) groups is 2. The number of pyridine rings is 1. The average molecular weight is 253 g/mol. The third kappa shape index (κ3) is 4.12. The lowest BCUT2D eigenvalue weighted by Crippen LogP contribution is -2.40. The Labute approximate surface area is 105 Å². The van der Waals surface area contributed by atoms with E-state index in [4.69, 9.17) is 5.73 Å². The van der Waals surface area contributed by atoms with Crippen molar-refractivity contribution in [1.29, 1.82) is 0 Å². The van der Waals surface area contributed by atoms with Crippen LogP contribution in [0.3, 0.4) is 0 Å². The van der Waals surface area contributed by atoms with Crippen LogP contribution in [0.4, 0.5) is 4.39 Å². The lowest BCUT2D eigenvalue weighted by Gasteiger charge is -2.23. The van der Waals surface area contributed by atoms with Gasteiger partial charge in [-0.1, -0.05) is 13.8 Å². The Bertz CT molecular complexity index is 431. The maximum Gasteiger partial charge on any atom is 0.255 e. The van der Waals surface area contributed by atoms with Crippen LogP contribution >= 0.6 is 0 Å². The van der Waals surface area contributed by atoms with Crippen molar-refractivity contribution in [3.8, 4) is 0 Å². The number of halogens is 1. The molecule has 5 nitrogen and oxygen atoms in total. The van der Waals surface area contributed by atoms with Crippen LogP contribution in [-0.2, 0) is 4.79 Å². The topological polar surface area (TPSA) is 76.3 Å². The van der Waals surface area contributed by atoms with Crippen LogP contribution in [0.1, 0.15) is 24.2 Å². The van der Waals surface area contributed by atoms with Crippen LogP contribution in [0.15, 0.2) is 18.3 Å². The van der Waals surface area contributed by atoms with E-state index in [0.29, 0.717) is 6.54 Å². The normalized spacial score (nSPS) is 10.4. The molecule has 0 saturated carbocycles. The number of carbonyl (C=O) groups excluding carboxylic acids is 2. The highest BCUT2D eigenvalue weighted by atomic mass is 19.1. The van der Waals surface area contributed by atoms with Crippen LogP contribution in [0, 0.1) is 11.9 Å². The van der Waals surface area contributed by atoms with Gasteiger partial charge in [-0.2, -0.15) is 4.39 Å². The zero-order valence-corrected chi connectivity index (χ0v) is 10.4. The molecule has 0 radical (unpaired) electrons. The molecule has 1 aromatic heterocycles. The number of hydrogen-bond acceptors (Lipinski definition) is 3. The summed E-state index contributed by atoms with van der Waals surface area (Å²) in [5, 5.41) is 0. The van der Waals surface area contributed by atoms with Crippen LogP contribution in [-0.4, -0.2) is 34.8 Å². The van der Waals surface area contributed by atoms with Gasteiger partial charge in [-0.05, 0) is 18.1 Å². The van der Waals surface area contributed by atoms with Gasteiger partial charge >= 0.3 is 0 Å². The maximum absolute atomic E-state index is 12.7. The summed E-state index contributed by atoms with van der Waals surface area (Å²) >= 11 is 0. The van der Waals surface area contributed by atoms with E-state index < -0.39 is 11.9 Å². The number of primary amides is 1. The lowest BCUT2D eigenvalue weighted by molar-refractivity contribution is -0.118. The summed E-state index contributed by atoms with van der Waals surface area (Å²) in [5.41, 5.74) is 5.34. The highest BCUT2D eigenvalue weighted by molar-refractivity contribution is 5.96. The molecule has 2 amide bonds. The van der Waals surface area contributed by atoms with Gasteiger partial charge in [0.1, 0.15) is 0 Å². The number of nitrogens with zero attached hydrogens (tertiary/aromatic N) is 2. The van der Waals surface area contributed by atoms with Gasteiger partial charge in [-0.3, -0.25) is 9.59 Å². The number of rotatable bonds is 5. The Kier molecular flexibility index (Phi) is 4.76. The van der Waals surface area contributed by atoms with Gasteiger partial charge in [0.25, 0.3) is 5.91 Å². The highest BCUT2D eigenvalue weighted by Gasteiger charge is 2.19. The van der Waals surface area contributed by atoms with Gasteiger partial charge in [-0.25, -0.2) is 4.98 Å². The Morgan fingerprint density at radius 2 is 2.11 bits per heavy atom. The largest absolute Gasteiger partial charge is 0.368 e. The molecule has 6 heteroatoms. The molecule has 0 aliphatic rings. The minimum atomic E-state index is -0.656. The number of nitrogens with two attached hydrogens (primary N) is 1. The Hall–Kier alpha value is -1.98. The molecule has 1 aromatic rings. The summed E-state index contributed by atoms with van der Waals surface area (Å²) in [4.78, 5) is 27.8. The first-order valence-electron chi connectivity index (χ1n) is 5.59. The fourth-order valence-corrected chi connectivity index (χ4v) is 1.53. The first kappa shape index (κ1) is 14.1. The predicted molar refractivity (Wildman–Crippen MR) is 64.1 cm³/mol. The van der Waals surface area contributed by atoms with Crippen LogP contribution in [0.2, 0.25) is 0 Å². The van der Waals surface area contributed by atoms with E-state index in [9.17, 15) is 14.0 Å². The molecule has 0 aliphatic heterocycles. The molecule has 0 spiro atoms. The molecule has 2 N–H and O–H groups in total. The second-order valence-electron chi connectivity index (χ2n) is 4.42. The molecule has 0 atom stereocenters. The summed E-state index contributed by atoms with van der Waals surface area (Å²) in [6.45, 7) is 4.09. The predicted octanol–water partition coefficient (Wildman–Crippen LogP) is 0.804. The number of amides is 2. The Morgan fingerprint density at radius 3 is 2.56 bits per heavy atom. The molecule has 18 heavy (non-hydrogen) atoms. The van der Waals surface area contributed by atoms with Gasteiger partial charge in [0, 0.05) is 12.7 Å². The molecule has 1 rings (SSSR count). The van der Waals surface area contributed by atoms with Crippen LogP contribution < -0.4 is 5.73 Å². The van der Waals surface area contributed by atoms with Crippen molar-refractivity contribution in [1.82, 2.24) is 9.88 Å². The molecule has 0 saturated heterocycles. The molecular formula is C12H16FN3O2. The van der Waals surface area contributed by atoms with Crippen molar-refractivity contribution in [2.24, 2.45) is 11.7 Å². The van der Waals surface area contributed by atoms with Gasteiger partial charge < -0.3 is 10.6 Å². The average Bonchev–Trinajstić information content (AvgIpc) is 2.27. The van der Waals surface area contributed by atoms with E-state index in [1.165, 1.54) is 11.0 Å². The Balaban J connectivity index is 2.87. The molecule has 1 heterocycles. The quantitative estimate of drug-likeness (QED) is 0.789. The zero-order valence-electron chi connectivity index (χ0n) is 10.4. The van der Waals surface area contributed by atoms with Crippen molar-refractivity contribution in [3.05, 3.63) is 29.8 Å². The summed E-state index contributed by atoms with van der Waals surface area (Å²) in [6.07, 6.45) is 1.14. The van der Waals surface area contributed by atoms with E-state index in [-0.39, 0.29) is 23.9 Å². The summed E-state index contributed by atoms with van der Waals surface area (Å²) in [6, 6.07) is 2.43. The van der Waals surface area contributed by atoms with E-state index in [1.54, 1.807) is 0 Å². The summed E-state index contributed by atoms with van der Waals surface area (Å²) in [5.74, 6) is -1.42. The third-order valence-electron chi connectivity index (χ3n) is 2.19. The third-order valence-corrected chi connectivity index (χ3v) is 2.19. The summed E-state index contributed by atoms with van der Waals surface area (Å²) in [7, 11) is 0. The van der Waals surface area contributed by atoms with E-state index in [2.05, 4.69) is 4.98 Å². The van der Waals surface area contributed by atoms with Gasteiger partial charge in [0.15, 0.2) is 0 Å². The van der Waals surface area contributed by atoms with E-state index in [0.717, 1.165) is 12.3 Å². The second kappa shape index (κ2) is 6.09. The van der Waals surface area contributed by atoms with Crippen molar-refractivity contribution < 1.29 is 14.0 Å². The van der Waals surface area contributed by atoms with Gasteiger partial charge in [0.05, 0.1) is 12.1 Å². The molecule has 0 fully saturated rings. The van der Waals surface area contributed by atoms with Crippen molar-refractivity contribution in [3.63, 3.8) is 0 Å². The molecule has 0 aromatic carbocycles. The number of aromatic nitrogens is 1. The molecule has 0 unspecified atom stereocenters. The smallest absolute Gasteiger partial charge is 0.255 e. The van der Waals surface area contributed by atoms with E-state index >= 15 is 0 Å². The Morgan fingerprint density at radius 1 is 1.44 bits per heavy atom. The zero-order chi connectivity index (χ0) is 13.7. The van der Waals surface area contributed by atoms with E-state index in [1.807, 2.05) is 13.8 Å². The monoisotopic (exact) mass is 253 g/mol. The van der Waals surface area contributed by atoms with Crippen molar-refractivity contribution >= 4 is 11.8 Å². The fourth-order valence-electron chi connectivity index (χ4n) is 1.53. The highest BCUT2D eigenvalue weighted by Crippen LogP contribution is 2.07.